The fourth-order valence-corrected chi connectivity index (χ4v) is 3.28. The highest BCUT2D eigenvalue weighted by molar-refractivity contribution is 6.09. The van der Waals surface area contributed by atoms with Crippen molar-refractivity contribution in [2.24, 2.45) is 0 Å². The SMILES string of the molecule is CCOc1nc2ccccc2c2cn(Cc3ccccc3)c(C)c12. The van der Waals surface area contributed by atoms with Gasteiger partial charge in [-0.05, 0) is 25.5 Å². The second-order valence-electron chi connectivity index (χ2n) is 5.98. The van der Waals surface area contributed by atoms with E-state index >= 15 is 0 Å². The van der Waals surface area contributed by atoms with Crippen LogP contribution >= 0.6 is 0 Å². The second kappa shape index (κ2) is 6.00. The van der Waals surface area contributed by atoms with Crippen molar-refractivity contribution in [2.45, 2.75) is 20.4 Å². The van der Waals surface area contributed by atoms with E-state index < -0.39 is 0 Å². The van der Waals surface area contributed by atoms with Gasteiger partial charge in [0.15, 0.2) is 0 Å². The largest absolute Gasteiger partial charge is 0.477 e. The summed E-state index contributed by atoms with van der Waals surface area (Å²) in [6.07, 6.45) is 2.23. The van der Waals surface area contributed by atoms with Crippen molar-refractivity contribution in [3.8, 4) is 5.88 Å². The lowest BCUT2D eigenvalue weighted by Gasteiger charge is -2.08. The first-order valence-corrected chi connectivity index (χ1v) is 8.33. The van der Waals surface area contributed by atoms with Crippen molar-refractivity contribution in [1.29, 1.82) is 0 Å². The summed E-state index contributed by atoms with van der Waals surface area (Å²) in [5.74, 6) is 0.732. The molecule has 3 nitrogen and oxygen atoms in total. The number of benzene rings is 2. The number of nitrogens with zero attached hydrogens (tertiary/aromatic N) is 2. The molecule has 0 amide bonds. The van der Waals surface area contributed by atoms with E-state index in [2.05, 4.69) is 54.1 Å². The maximum atomic E-state index is 5.85. The molecule has 0 aliphatic rings. The standard InChI is InChI=1S/C21H20N2O/c1-3-24-21-20-15(2)23(13-16-9-5-4-6-10-16)14-18(20)17-11-7-8-12-19(17)22-21/h4-12,14H,3,13H2,1-2H3. The van der Waals surface area contributed by atoms with Crippen LogP contribution in [0.4, 0.5) is 0 Å². The van der Waals surface area contributed by atoms with Crippen molar-refractivity contribution in [3.63, 3.8) is 0 Å². The summed E-state index contributed by atoms with van der Waals surface area (Å²) in [5.41, 5.74) is 3.46. The molecule has 0 radical (unpaired) electrons. The summed E-state index contributed by atoms with van der Waals surface area (Å²) in [4.78, 5) is 4.74. The van der Waals surface area contributed by atoms with E-state index in [4.69, 9.17) is 9.72 Å². The molecule has 0 N–H and O–H groups in total. The number of hydrogen-bond acceptors (Lipinski definition) is 2. The summed E-state index contributed by atoms with van der Waals surface area (Å²) in [7, 11) is 0. The molecule has 2 aromatic heterocycles. The van der Waals surface area contributed by atoms with Crippen molar-refractivity contribution in [2.75, 3.05) is 6.61 Å². The van der Waals surface area contributed by atoms with Crippen LogP contribution in [0.3, 0.4) is 0 Å². The molecule has 0 aliphatic heterocycles. The van der Waals surface area contributed by atoms with E-state index in [0.717, 1.165) is 23.3 Å². The first-order chi connectivity index (χ1) is 11.8. The smallest absolute Gasteiger partial charge is 0.223 e. The van der Waals surface area contributed by atoms with Gasteiger partial charge in [-0.1, -0.05) is 48.5 Å². The number of fused-ring (bicyclic) bond motifs is 3. The van der Waals surface area contributed by atoms with Gasteiger partial charge in [0.1, 0.15) is 0 Å². The van der Waals surface area contributed by atoms with Crippen LogP contribution in [0.2, 0.25) is 0 Å². The lowest BCUT2D eigenvalue weighted by atomic mass is 10.1. The van der Waals surface area contributed by atoms with Gasteiger partial charge >= 0.3 is 0 Å². The molecular formula is C21H20N2O. The molecule has 120 valence electrons. The molecule has 2 aromatic carbocycles. The van der Waals surface area contributed by atoms with Gasteiger partial charge in [-0.3, -0.25) is 0 Å². The Morgan fingerprint density at radius 3 is 2.50 bits per heavy atom. The fraction of sp³-hybridized carbons (Fsp3) is 0.190. The monoisotopic (exact) mass is 316 g/mol. The minimum atomic E-state index is 0.615. The van der Waals surface area contributed by atoms with Crippen LogP contribution in [0, 0.1) is 6.92 Å². The Morgan fingerprint density at radius 2 is 1.71 bits per heavy atom. The molecule has 0 fully saturated rings. The van der Waals surface area contributed by atoms with Crippen LogP contribution in [-0.4, -0.2) is 16.2 Å². The van der Waals surface area contributed by atoms with Crippen LogP contribution in [0.15, 0.2) is 60.8 Å². The van der Waals surface area contributed by atoms with Crippen LogP contribution in [0.5, 0.6) is 5.88 Å². The van der Waals surface area contributed by atoms with E-state index in [0.29, 0.717) is 6.61 Å². The highest BCUT2D eigenvalue weighted by atomic mass is 16.5. The molecule has 2 heterocycles. The van der Waals surface area contributed by atoms with Crippen LogP contribution in [0.1, 0.15) is 18.2 Å². The average Bonchev–Trinajstić information content (AvgIpc) is 2.93. The maximum Gasteiger partial charge on any atom is 0.223 e. The molecule has 0 bridgehead atoms. The molecular weight excluding hydrogens is 296 g/mol. The lowest BCUT2D eigenvalue weighted by molar-refractivity contribution is 0.332. The van der Waals surface area contributed by atoms with Crippen molar-refractivity contribution < 1.29 is 4.74 Å². The third kappa shape index (κ3) is 2.42. The van der Waals surface area contributed by atoms with E-state index in [1.807, 2.05) is 25.1 Å². The highest BCUT2D eigenvalue weighted by Crippen LogP contribution is 2.34. The molecule has 0 saturated carbocycles. The number of rotatable bonds is 4. The Balaban J connectivity index is 1.95. The average molecular weight is 316 g/mol. The molecule has 24 heavy (non-hydrogen) atoms. The third-order valence-electron chi connectivity index (χ3n) is 4.45. The summed E-state index contributed by atoms with van der Waals surface area (Å²) < 4.78 is 8.14. The molecule has 4 rings (SSSR count). The molecule has 4 aromatic rings. The predicted octanol–water partition coefficient (Wildman–Crippen LogP) is 4.94. The van der Waals surface area contributed by atoms with Gasteiger partial charge in [-0.25, -0.2) is 4.98 Å². The topological polar surface area (TPSA) is 27.1 Å². The van der Waals surface area contributed by atoms with Crippen molar-refractivity contribution >= 4 is 21.7 Å². The van der Waals surface area contributed by atoms with Crippen LogP contribution < -0.4 is 4.74 Å². The zero-order valence-electron chi connectivity index (χ0n) is 14.0. The number of aromatic nitrogens is 2. The Morgan fingerprint density at radius 1 is 0.958 bits per heavy atom. The molecule has 0 spiro atoms. The number of ether oxygens (including phenoxy) is 1. The van der Waals surface area contributed by atoms with Crippen molar-refractivity contribution in [3.05, 3.63) is 72.1 Å². The maximum absolute atomic E-state index is 5.85. The summed E-state index contributed by atoms with van der Waals surface area (Å²) in [5, 5.41) is 3.50. The van der Waals surface area contributed by atoms with Crippen molar-refractivity contribution in [1.82, 2.24) is 9.55 Å². The Labute approximate surface area is 141 Å². The molecule has 0 saturated heterocycles. The minimum absolute atomic E-state index is 0.615. The first kappa shape index (κ1) is 14.8. The van der Waals surface area contributed by atoms with Gasteiger partial charge in [0.05, 0.1) is 17.5 Å². The first-order valence-electron chi connectivity index (χ1n) is 8.33. The quantitative estimate of drug-likeness (QED) is 0.533. The van der Waals surface area contributed by atoms with E-state index in [-0.39, 0.29) is 0 Å². The predicted molar refractivity (Wildman–Crippen MR) is 98.7 cm³/mol. The summed E-state index contributed by atoms with van der Waals surface area (Å²) in [6.45, 7) is 5.61. The van der Waals surface area contributed by atoms with E-state index in [1.54, 1.807) is 0 Å². The number of para-hydroxylation sites is 1. The Hall–Kier alpha value is -2.81. The summed E-state index contributed by atoms with van der Waals surface area (Å²) >= 11 is 0. The van der Waals surface area contributed by atoms with Gasteiger partial charge in [0.25, 0.3) is 0 Å². The molecule has 0 atom stereocenters. The third-order valence-corrected chi connectivity index (χ3v) is 4.45. The van der Waals surface area contributed by atoms with Gasteiger partial charge in [0.2, 0.25) is 5.88 Å². The second-order valence-corrected chi connectivity index (χ2v) is 5.98. The van der Waals surface area contributed by atoms with Gasteiger partial charge < -0.3 is 9.30 Å². The minimum Gasteiger partial charge on any atom is -0.477 e. The normalized spacial score (nSPS) is 11.2. The molecule has 0 unspecified atom stereocenters. The number of hydrogen-bond donors (Lipinski definition) is 0. The highest BCUT2D eigenvalue weighted by Gasteiger charge is 2.15. The lowest BCUT2D eigenvalue weighted by Crippen LogP contribution is -2.00. The molecule has 3 heteroatoms. The summed E-state index contributed by atoms with van der Waals surface area (Å²) in [6, 6.07) is 18.8. The van der Waals surface area contributed by atoms with Gasteiger partial charge in [0, 0.05) is 29.2 Å². The fourth-order valence-electron chi connectivity index (χ4n) is 3.28. The Bertz CT molecular complexity index is 1000. The number of aryl methyl sites for hydroxylation is 1. The van der Waals surface area contributed by atoms with E-state index in [9.17, 15) is 0 Å². The van der Waals surface area contributed by atoms with Gasteiger partial charge in [-0.15, -0.1) is 0 Å². The van der Waals surface area contributed by atoms with Gasteiger partial charge in [-0.2, -0.15) is 0 Å². The Kier molecular flexibility index (Phi) is 3.69. The van der Waals surface area contributed by atoms with Crippen LogP contribution in [0.25, 0.3) is 21.7 Å². The number of pyridine rings is 1. The van der Waals surface area contributed by atoms with E-state index in [1.165, 1.54) is 22.0 Å². The zero-order valence-corrected chi connectivity index (χ0v) is 14.0. The van der Waals surface area contributed by atoms with Crippen LogP contribution in [-0.2, 0) is 6.54 Å². The molecule has 0 aliphatic carbocycles. The zero-order chi connectivity index (χ0) is 16.5.